The summed E-state index contributed by atoms with van der Waals surface area (Å²) in [5.74, 6) is -1.27. The minimum absolute atomic E-state index is 0.0365. The van der Waals surface area contributed by atoms with Crippen LogP contribution in [0.1, 0.15) is 26.2 Å². The Kier molecular flexibility index (Phi) is 5.36. The Hall–Kier alpha value is -1.34. The van der Waals surface area contributed by atoms with Gasteiger partial charge in [0.1, 0.15) is 0 Å². The molecule has 0 aromatic rings. The fourth-order valence-electron chi connectivity index (χ4n) is 2.11. The van der Waals surface area contributed by atoms with E-state index in [2.05, 4.69) is 10.6 Å². The van der Waals surface area contributed by atoms with Crippen molar-refractivity contribution in [2.45, 2.75) is 50.5 Å². The van der Waals surface area contributed by atoms with Crippen molar-refractivity contribution in [3.8, 4) is 0 Å². The summed E-state index contributed by atoms with van der Waals surface area (Å²) in [4.78, 5) is 22.4. The van der Waals surface area contributed by atoms with E-state index < -0.39 is 24.1 Å². The molecule has 0 saturated heterocycles. The highest BCUT2D eigenvalue weighted by atomic mass is 16.5. The van der Waals surface area contributed by atoms with E-state index in [1.165, 1.54) is 6.92 Å². The Morgan fingerprint density at radius 3 is 2.56 bits per heavy atom. The highest BCUT2D eigenvalue weighted by molar-refractivity contribution is 5.83. The van der Waals surface area contributed by atoms with E-state index in [0.29, 0.717) is 0 Å². The molecule has 0 heterocycles. The van der Waals surface area contributed by atoms with Gasteiger partial charge in [-0.25, -0.2) is 9.59 Å². The Morgan fingerprint density at radius 2 is 2.06 bits per heavy atom. The first-order valence-electron chi connectivity index (χ1n) is 5.96. The lowest BCUT2D eigenvalue weighted by Crippen LogP contribution is -2.54. The van der Waals surface area contributed by atoms with Gasteiger partial charge < -0.3 is 25.6 Å². The fourth-order valence-corrected chi connectivity index (χ4v) is 2.11. The summed E-state index contributed by atoms with van der Waals surface area (Å²) >= 11 is 0. The number of hydrogen-bond donors (Lipinski definition) is 4. The van der Waals surface area contributed by atoms with Crippen molar-refractivity contribution in [1.29, 1.82) is 0 Å². The first-order chi connectivity index (χ1) is 8.45. The van der Waals surface area contributed by atoms with Crippen LogP contribution in [0.15, 0.2) is 0 Å². The molecule has 0 aliphatic heterocycles. The zero-order chi connectivity index (χ0) is 13.7. The molecule has 1 fully saturated rings. The molecule has 1 rings (SSSR count). The summed E-state index contributed by atoms with van der Waals surface area (Å²) in [6, 6.07) is -2.02. The summed E-state index contributed by atoms with van der Waals surface area (Å²) in [7, 11) is 1.58. The molecule has 4 N–H and O–H groups in total. The largest absolute Gasteiger partial charge is 0.480 e. The van der Waals surface area contributed by atoms with Gasteiger partial charge in [-0.05, 0) is 26.2 Å². The Bertz CT molecular complexity index is 308. The van der Waals surface area contributed by atoms with Crippen molar-refractivity contribution in [3.05, 3.63) is 0 Å². The zero-order valence-electron chi connectivity index (χ0n) is 10.5. The molecule has 0 radical (unpaired) electrons. The van der Waals surface area contributed by atoms with Crippen LogP contribution in [-0.2, 0) is 9.53 Å². The minimum atomic E-state index is -1.31. The summed E-state index contributed by atoms with van der Waals surface area (Å²) in [5, 5.41) is 23.0. The number of urea groups is 1. The van der Waals surface area contributed by atoms with Gasteiger partial charge in [0, 0.05) is 7.11 Å². The number of methoxy groups -OCH3 is 1. The maximum Gasteiger partial charge on any atom is 0.328 e. The van der Waals surface area contributed by atoms with E-state index in [1.807, 2.05) is 0 Å². The van der Waals surface area contributed by atoms with Crippen LogP contribution in [-0.4, -0.2) is 53.6 Å². The summed E-state index contributed by atoms with van der Waals surface area (Å²) in [5.41, 5.74) is 0. The summed E-state index contributed by atoms with van der Waals surface area (Å²) in [6.45, 7) is 1.31. The van der Waals surface area contributed by atoms with Gasteiger partial charge in [-0.1, -0.05) is 0 Å². The molecule has 18 heavy (non-hydrogen) atoms. The standard InChI is InChI=1S/C11H20N2O5/c1-6(14)9(10(15)16)13-11(17)12-7-4-3-5-8(7)18-2/h6-9,14H,3-5H2,1-2H3,(H,15,16)(H2,12,13,17). The Morgan fingerprint density at radius 1 is 1.39 bits per heavy atom. The third-order valence-electron chi connectivity index (χ3n) is 3.11. The molecule has 4 atom stereocenters. The van der Waals surface area contributed by atoms with Crippen LogP contribution in [0.5, 0.6) is 0 Å². The molecule has 4 unspecified atom stereocenters. The third kappa shape index (κ3) is 3.85. The molecule has 0 aromatic carbocycles. The molecule has 1 saturated carbocycles. The molecular formula is C11H20N2O5. The minimum Gasteiger partial charge on any atom is -0.480 e. The number of aliphatic hydroxyl groups excluding tert-OH is 1. The maximum absolute atomic E-state index is 11.6. The second-order valence-corrected chi connectivity index (χ2v) is 4.49. The van der Waals surface area contributed by atoms with Gasteiger partial charge in [-0.3, -0.25) is 0 Å². The normalized spacial score (nSPS) is 26.4. The van der Waals surface area contributed by atoms with Gasteiger partial charge in [0.25, 0.3) is 0 Å². The van der Waals surface area contributed by atoms with Crippen molar-refractivity contribution < 1.29 is 24.5 Å². The van der Waals surface area contributed by atoms with Gasteiger partial charge in [0.05, 0.1) is 18.2 Å². The zero-order valence-corrected chi connectivity index (χ0v) is 10.5. The first-order valence-corrected chi connectivity index (χ1v) is 5.96. The van der Waals surface area contributed by atoms with Crippen molar-refractivity contribution in [1.82, 2.24) is 10.6 Å². The van der Waals surface area contributed by atoms with Crippen LogP contribution in [0, 0.1) is 0 Å². The van der Waals surface area contributed by atoms with Gasteiger partial charge in [-0.15, -0.1) is 0 Å². The first kappa shape index (κ1) is 14.7. The van der Waals surface area contributed by atoms with Crippen LogP contribution >= 0.6 is 0 Å². The van der Waals surface area contributed by atoms with E-state index in [-0.39, 0.29) is 12.1 Å². The molecular weight excluding hydrogens is 240 g/mol. The van der Waals surface area contributed by atoms with Crippen molar-refractivity contribution >= 4 is 12.0 Å². The van der Waals surface area contributed by atoms with E-state index in [4.69, 9.17) is 9.84 Å². The molecule has 0 bridgehead atoms. The molecule has 1 aliphatic rings. The monoisotopic (exact) mass is 260 g/mol. The van der Waals surface area contributed by atoms with Crippen LogP contribution in [0.2, 0.25) is 0 Å². The van der Waals surface area contributed by atoms with Crippen molar-refractivity contribution in [2.75, 3.05) is 7.11 Å². The van der Waals surface area contributed by atoms with E-state index in [1.54, 1.807) is 7.11 Å². The number of nitrogens with one attached hydrogen (secondary N) is 2. The third-order valence-corrected chi connectivity index (χ3v) is 3.11. The molecule has 7 nitrogen and oxygen atoms in total. The molecule has 0 aromatic heterocycles. The quantitative estimate of drug-likeness (QED) is 0.542. The predicted molar refractivity (Wildman–Crippen MR) is 63.2 cm³/mol. The van der Waals surface area contributed by atoms with Crippen LogP contribution < -0.4 is 10.6 Å². The maximum atomic E-state index is 11.6. The highest BCUT2D eigenvalue weighted by Gasteiger charge is 2.30. The van der Waals surface area contributed by atoms with Gasteiger partial charge >= 0.3 is 12.0 Å². The number of carbonyl (C=O) groups is 2. The summed E-state index contributed by atoms with van der Waals surface area (Å²) < 4.78 is 5.22. The molecule has 1 aliphatic carbocycles. The average molecular weight is 260 g/mol. The topological polar surface area (TPSA) is 108 Å². The molecule has 2 amide bonds. The molecule has 104 valence electrons. The summed E-state index contributed by atoms with van der Waals surface area (Å²) in [6.07, 6.45) is 1.45. The number of aliphatic carboxylic acids is 1. The smallest absolute Gasteiger partial charge is 0.328 e. The SMILES string of the molecule is COC1CCCC1NC(=O)NC(C(=O)O)C(C)O. The number of rotatable bonds is 5. The second-order valence-electron chi connectivity index (χ2n) is 4.49. The number of carboxylic acid groups (broad SMARTS) is 1. The number of carbonyl (C=O) groups excluding carboxylic acids is 1. The van der Waals surface area contributed by atoms with E-state index in [9.17, 15) is 14.7 Å². The van der Waals surface area contributed by atoms with Crippen molar-refractivity contribution in [3.63, 3.8) is 0 Å². The molecule has 0 spiro atoms. The van der Waals surface area contributed by atoms with E-state index in [0.717, 1.165) is 19.3 Å². The predicted octanol–water partition coefficient (Wildman–Crippen LogP) is -0.313. The van der Waals surface area contributed by atoms with E-state index >= 15 is 0 Å². The number of hydrogen-bond acceptors (Lipinski definition) is 4. The van der Waals surface area contributed by atoms with Crippen LogP contribution in [0.4, 0.5) is 4.79 Å². The molecule has 7 heteroatoms. The van der Waals surface area contributed by atoms with Gasteiger partial charge in [0.15, 0.2) is 6.04 Å². The number of carboxylic acids is 1. The Labute approximate surface area is 106 Å². The number of aliphatic hydroxyl groups is 1. The van der Waals surface area contributed by atoms with Crippen molar-refractivity contribution in [2.24, 2.45) is 0 Å². The Balaban J connectivity index is 2.47. The average Bonchev–Trinajstić information content (AvgIpc) is 2.72. The highest BCUT2D eigenvalue weighted by Crippen LogP contribution is 2.21. The lowest BCUT2D eigenvalue weighted by molar-refractivity contribution is -0.141. The number of amides is 2. The fraction of sp³-hybridized carbons (Fsp3) is 0.818. The van der Waals surface area contributed by atoms with Crippen LogP contribution in [0.25, 0.3) is 0 Å². The lowest BCUT2D eigenvalue weighted by Gasteiger charge is -2.22. The van der Waals surface area contributed by atoms with Crippen LogP contribution in [0.3, 0.4) is 0 Å². The second kappa shape index (κ2) is 6.55. The number of ether oxygens (including phenoxy) is 1. The van der Waals surface area contributed by atoms with Gasteiger partial charge in [-0.2, -0.15) is 0 Å². The van der Waals surface area contributed by atoms with Gasteiger partial charge in [0.2, 0.25) is 0 Å². The lowest BCUT2D eigenvalue weighted by atomic mass is 10.2.